The molecule has 0 bridgehead atoms. The molecular formula is C19H19N3O2. The third-order valence-corrected chi connectivity index (χ3v) is 3.56. The second-order valence-corrected chi connectivity index (χ2v) is 5.47. The number of nitriles is 1. The van der Waals surface area contributed by atoms with Crippen LogP contribution in [0, 0.1) is 18.3 Å². The van der Waals surface area contributed by atoms with E-state index in [1.54, 1.807) is 24.3 Å². The van der Waals surface area contributed by atoms with Crippen molar-refractivity contribution < 1.29 is 9.59 Å². The SMILES string of the molecule is CC(=O)N(CCC(=O)Nc1cccc(C)c1)c1ccccc1C#N. The Hall–Kier alpha value is -3.13. The lowest BCUT2D eigenvalue weighted by Crippen LogP contribution is -2.32. The maximum Gasteiger partial charge on any atom is 0.226 e. The molecule has 2 aromatic rings. The van der Waals surface area contributed by atoms with Gasteiger partial charge in [0.1, 0.15) is 6.07 Å². The molecule has 24 heavy (non-hydrogen) atoms. The molecule has 122 valence electrons. The lowest BCUT2D eigenvalue weighted by molar-refractivity contribution is -0.117. The first-order chi connectivity index (χ1) is 11.5. The third-order valence-electron chi connectivity index (χ3n) is 3.56. The molecule has 0 aliphatic heterocycles. The molecule has 0 aliphatic carbocycles. The first-order valence-corrected chi connectivity index (χ1v) is 7.65. The Morgan fingerprint density at radius 3 is 2.58 bits per heavy atom. The number of nitrogens with one attached hydrogen (secondary N) is 1. The van der Waals surface area contributed by atoms with Gasteiger partial charge in [0.25, 0.3) is 0 Å². The molecule has 2 amide bonds. The van der Waals surface area contributed by atoms with E-state index in [0.29, 0.717) is 11.3 Å². The van der Waals surface area contributed by atoms with Gasteiger partial charge in [-0.3, -0.25) is 9.59 Å². The van der Waals surface area contributed by atoms with Crippen molar-refractivity contribution in [3.8, 4) is 6.07 Å². The van der Waals surface area contributed by atoms with E-state index in [1.807, 2.05) is 31.2 Å². The van der Waals surface area contributed by atoms with Crippen LogP contribution in [0.4, 0.5) is 11.4 Å². The molecule has 1 N–H and O–H groups in total. The Labute approximate surface area is 141 Å². The van der Waals surface area contributed by atoms with Crippen molar-refractivity contribution in [1.29, 1.82) is 5.26 Å². The van der Waals surface area contributed by atoms with Crippen LogP contribution in [-0.2, 0) is 9.59 Å². The van der Waals surface area contributed by atoms with E-state index in [2.05, 4.69) is 11.4 Å². The van der Waals surface area contributed by atoms with Gasteiger partial charge in [-0.2, -0.15) is 5.26 Å². The minimum Gasteiger partial charge on any atom is -0.326 e. The Balaban J connectivity index is 2.05. The van der Waals surface area contributed by atoms with Gasteiger partial charge in [0.05, 0.1) is 11.3 Å². The van der Waals surface area contributed by atoms with Crippen molar-refractivity contribution in [1.82, 2.24) is 0 Å². The first kappa shape index (κ1) is 17.2. The van der Waals surface area contributed by atoms with Crippen LogP contribution in [0.25, 0.3) is 0 Å². The summed E-state index contributed by atoms with van der Waals surface area (Å²) in [5.74, 6) is -0.387. The largest absolute Gasteiger partial charge is 0.326 e. The van der Waals surface area contributed by atoms with Crippen LogP contribution in [0.5, 0.6) is 0 Å². The topological polar surface area (TPSA) is 73.2 Å². The molecule has 0 fully saturated rings. The van der Waals surface area contributed by atoms with Crippen LogP contribution in [0.1, 0.15) is 24.5 Å². The maximum absolute atomic E-state index is 12.1. The minimum absolute atomic E-state index is 0.146. The van der Waals surface area contributed by atoms with Gasteiger partial charge in [-0.1, -0.05) is 24.3 Å². The highest BCUT2D eigenvalue weighted by atomic mass is 16.2. The first-order valence-electron chi connectivity index (χ1n) is 7.65. The van der Waals surface area contributed by atoms with Crippen LogP contribution in [0.2, 0.25) is 0 Å². The third kappa shape index (κ3) is 4.43. The van der Waals surface area contributed by atoms with Crippen LogP contribution in [-0.4, -0.2) is 18.4 Å². The number of amides is 2. The quantitative estimate of drug-likeness (QED) is 0.918. The monoisotopic (exact) mass is 321 g/mol. The molecule has 0 unspecified atom stereocenters. The summed E-state index contributed by atoms with van der Waals surface area (Å²) in [5.41, 5.74) is 2.72. The normalized spacial score (nSPS) is 9.88. The Morgan fingerprint density at radius 2 is 1.92 bits per heavy atom. The van der Waals surface area contributed by atoms with Gasteiger partial charge < -0.3 is 10.2 Å². The van der Waals surface area contributed by atoms with Crippen molar-refractivity contribution in [2.75, 3.05) is 16.8 Å². The smallest absolute Gasteiger partial charge is 0.226 e. The van der Waals surface area contributed by atoms with Crippen molar-refractivity contribution >= 4 is 23.2 Å². The zero-order valence-corrected chi connectivity index (χ0v) is 13.7. The Bertz CT molecular complexity index is 793. The van der Waals surface area contributed by atoms with Gasteiger partial charge >= 0.3 is 0 Å². The molecule has 0 atom stereocenters. The van der Waals surface area contributed by atoms with Crippen molar-refractivity contribution in [2.24, 2.45) is 0 Å². The molecule has 0 saturated carbocycles. The van der Waals surface area contributed by atoms with Gasteiger partial charge in [-0.15, -0.1) is 0 Å². The number of carbonyl (C=O) groups excluding carboxylic acids is 2. The number of hydrogen-bond donors (Lipinski definition) is 1. The number of anilines is 2. The molecule has 5 heteroatoms. The van der Waals surface area contributed by atoms with E-state index in [9.17, 15) is 14.9 Å². The number of benzene rings is 2. The summed E-state index contributed by atoms with van der Waals surface area (Å²) in [5, 5.41) is 12.0. The summed E-state index contributed by atoms with van der Waals surface area (Å²) in [4.78, 5) is 25.5. The number of nitrogens with zero attached hydrogens (tertiary/aromatic N) is 2. The lowest BCUT2D eigenvalue weighted by atomic mass is 10.1. The predicted molar refractivity (Wildman–Crippen MR) is 93.6 cm³/mol. The highest BCUT2D eigenvalue weighted by molar-refractivity contribution is 5.95. The molecule has 5 nitrogen and oxygen atoms in total. The van der Waals surface area contributed by atoms with Crippen LogP contribution >= 0.6 is 0 Å². The summed E-state index contributed by atoms with van der Waals surface area (Å²) in [6.45, 7) is 3.59. The van der Waals surface area contributed by atoms with Crippen molar-refractivity contribution in [2.45, 2.75) is 20.3 Å². The van der Waals surface area contributed by atoms with E-state index in [-0.39, 0.29) is 24.8 Å². The van der Waals surface area contributed by atoms with Crippen molar-refractivity contribution in [3.63, 3.8) is 0 Å². The zero-order valence-electron chi connectivity index (χ0n) is 13.7. The van der Waals surface area contributed by atoms with E-state index in [0.717, 1.165) is 11.3 Å². The fraction of sp³-hybridized carbons (Fsp3) is 0.211. The molecule has 2 rings (SSSR count). The summed E-state index contributed by atoms with van der Waals surface area (Å²) in [6, 6.07) is 16.5. The number of para-hydroxylation sites is 1. The second-order valence-electron chi connectivity index (χ2n) is 5.47. The van der Waals surface area contributed by atoms with Crippen LogP contribution in [0.15, 0.2) is 48.5 Å². The molecule has 0 aromatic heterocycles. The highest BCUT2D eigenvalue weighted by Gasteiger charge is 2.16. The van der Waals surface area contributed by atoms with Crippen LogP contribution in [0.3, 0.4) is 0 Å². The molecular weight excluding hydrogens is 302 g/mol. The second kappa shape index (κ2) is 7.93. The number of aryl methyl sites for hydroxylation is 1. The molecule has 0 aliphatic rings. The molecule has 0 radical (unpaired) electrons. The minimum atomic E-state index is -0.207. The molecule has 0 heterocycles. The number of rotatable bonds is 5. The standard InChI is InChI=1S/C19H19N3O2/c1-14-6-5-8-17(12-14)21-19(24)10-11-22(15(2)23)18-9-4-3-7-16(18)13-20/h3-9,12H,10-11H2,1-2H3,(H,21,24). The average molecular weight is 321 g/mol. The number of carbonyl (C=O) groups is 2. The van der Waals surface area contributed by atoms with Crippen molar-refractivity contribution in [3.05, 3.63) is 59.7 Å². The zero-order chi connectivity index (χ0) is 17.5. The van der Waals surface area contributed by atoms with Crippen LogP contribution < -0.4 is 10.2 Å². The Morgan fingerprint density at radius 1 is 1.17 bits per heavy atom. The fourth-order valence-electron chi connectivity index (χ4n) is 2.41. The summed E-state index contributed by atoms with van der Waals surface area (Å²) < 4.78 is 0. The van der Waals surface area contributed by atoms with Gasteiger partial charge in [-0.05, 0) is 36.8 Å². The number of hydrogen-bond acceptors (Lipinski definition) is 3. The van der Waals surface area contributed by atoms with E-state index >= 15 is 0 Å². The fourth-order valence-corrected chi connectivity index (χ4v) is 2.41. The average Bonchev–Trinajstić information content (AvgIpc) is 2.55. The van der Waals surface area contributed by atoms with E-state index < -0.39 is 0 Å². The van der Waals surface area contributed by atoms with Gasteiger partial charge in [0, 0.05) is 25.6 Å². The molecule has 2 aromatic carbocycles. The van der Waals surface area contributed by atoms with Gasteiger partial charge in [-0.25, -0.2) is 0 Å². The molecule has 0 saturated heterocycles. The summed E-state index contributed by atoms with van der Waals surface area (Å²) >= 11 is 0. The van der Waals surface area contributed by atoms with E-state index in [1.165, 1.54) is 11.8 Å². The Kier molecular flexibility index (Phi) is 5.69. The van der Waals surface area contributed by atoms with E-state index in [4.69, 9.17) is 0 Å². The van der Waals surface area contributed by atoms with Gasteiger partial charge in [0.2, 0.25) is 11.8 Å². The maximum atomic E-state index is 12.1. The highest BCUT2D eigenvalue weighted by Crippen LogP contribution is 2.20. The lowest BCUT2D eigenvalue weighted by Gasteiger charge is -2.22. The molecule has 0 spiro atoms. The van der Waals surface area contributed by atoms with Gasteiger partial charge in [0.15, 0.2) is 0 Å². The summed E-state index contributed by atoms with van der Waals surface area (Å²) in [7, 11) is 0. The predicted octanol–water partition coefficient (Wildman–Crippen LogP) is 3.25. The summed E-state index contributed by atoms with van der Waals surface area (Å²) in [6.07, 6.45) is 0.146.